The summed E-state index contributed by atoms with van der Waals surface area (Å²) in [5, 5.41) is 19.6. The Kier molecular flexibility index (Phi) is 3.09. The van der Waals surface area contributed by atoms with Gasteiger partial charge in [0, 0.05) is 9.64 Å². The third-order valence-corrected chi connectivity index (χ3v) is 2.64. The highest BCUT2D eigenvalue weighted by molar-refractivity contribution is 14.1. The van der Waals surface area contributed by atoms with Crippen LogP contribution in [0, 0.1) is 17.3 Å². The molecule has 0 bridgehead atoms. The normalized spacial score (nSPS) is 9.83. The molecule has 1 aromatic carbocycles. The van der Waals surface area contributed by atoms with E-state index in [0.717, 1.165) is 3.57 Å². The highest BCUT2D eigenvalue weighted by Gasteiger charge is 2.18. The van der Waals surface area contributed by atoms with Crippen molar-refractivity contribution in [3.8, 4) is 5.75 Å². The van der Waals surface area contributed by atoms with Crippen LogP contribution in [0.15, 0.2) is 12.1 Å². The van der Waals surface area contributed by atoms with Crippen molar-refractivity contribution in [3.63, 3.8) is 0 Å². The van der Waals surface area contributed by atoms with E-state index in [0.29, 0.717) is 3.57 Å². The van der Waals surface area contributed by atoms with E-state index < -0.39 is 4.92 Å². The Morgan fingerprint density at radius 1 is 1.42 bits per heavy atom. The topological polar surface area (TPSA) is 63.4 Å². The highest BCUT2D eigenvalue weighted by atomic mass is 127. The lowest BCUT2D eigenvalue weighted by Gasteiger charge is -1.98. The Labute approximate surface area is 95.4 Å². The maximum atomic E-state index is 10.4. The van der Waals surface area contributed by atoms with Crippen LogP contribution >= 0.6 is 45.2 Å². The summed E-state index contributed by atoms with van der Waals surface area (Å²) < 4.78 is 1.22. The maximum Gasteiger partial charge on any atom is 0.323 e. The number of benzene rings is 1. The smallest absolute Gasteiger partial charge is 0.323 e. The second-order valence-corrected chi connectivity index (χ2v) is 4.42. The SMILES string of the molecule is O=[N+]([O-])c1c(O)cc(I)cc1I. The predicted octanol–water partition coefficient (Wildman–Crippen LogP) is 2.51. The average molecular weight is 391 g/mol. The Morgan fingerprint density at radius 2 is 2.00 bits per heavy atom. The fourth-order valence-electron chi connectivity index (χ4n) is 0.733. The summed E-state index contributed by atoms with van der Waals surface area (Å²) in [7, 11) is 0. The fraction of sp³-hybridized carbons (Fsp3) is 0. The zero-order valence-electron chi connectivity index (χ0n) is 5.62. The van der Waals surface area contributed by atoms with Gasteiger partial charge in [-0.15, -0.1) is 0 Å². The van der Waals surface area contributed by atoms with Crippen LogP contribution in [0.25, 0.3) is 0 Å². The molecule has 1 rings (SSSR count). The first kappa shape index (κ1) is 9.96. The zero-order chi connectivity index (χ0) is 9.30. The van der Waals surface area contributed by atoms with E-state index in [1.807, 2.05) is 45.2 Å². The quantitative estimate of drug-likeness (QED) is 0.455. The van der Waals surface area contributed by atoms with Crippen LogP contribution in [0.2, 0.25) is 0 Å². The molecule has 1 N–H and O–H groups in total. The van der Waals surface area contributed by atoms with E-state index in [9.17, 15) is 15.2 Å². The van der Waals surface area contributed by atoms with E-state index in [-0.39, 0.29) is 11.4 Å². The summed E-state index contributed by atoms with van der Waals surface area (Å²) in [5.74, 6) is -0.281. The molecule has 0 fully saturated rings. The Balaban J connectivity index is 3.38. The van der Waals surface area contributed by atoms with Gasteiger partial charge in [-0.25, -0.2) is 0 Å². The molecule has 0 heterocycles. The van der Waals surface area contributed by atoms with Crippen LogP contribution in [0.5, 0.6) is 5.75 Å². The van der Waals surface area contributed by atoms with Crippen molar-refractivity contribution in [2.45, 2.75) is 0 Å². The summed E-state index contributed by atoms with van der Waals surface area (Å²) >= 11 is 3.80. The number of phenols is 1. The molecule has 64 valence electrons. The molecule has 4 nitrogen and oxygen atoms in total. The third-order valence-electron chi connectivity index (χ3n) is 1.19. The van der Waals surface area contributed by atoms with Crippen LogP contribution in [0.3, 0.4) is 0 Å². The zero-order valence-corrected chi connectivity index (χ0v) is 9.94. The number of nitro benzene ring substituents is 1. The summed E-state index contributed by atoms with van der Waals surface area (Å²) in [5.41, 5.74) is -0.226. The first-order valence-electron chi connectivity index (χ1n) is 2.85. The van der Waals surface area contributed by atoms with Gasteiger partial charge in [-0.1, -0.05) is 0 Å². The molecular weight excluding hydrogens is 388 g/mol. The molecule has 6 heteroatoms. The number of rotatable bonds is 1. The minimum absolute atomic E-state index is 0.226. The average Bonchev–Trinajstić information content (AvgIpc) is 1.82. The summed E-state index contributed by atoms with van der Waals surface area (Å²) in [6.45, 7) is 0. The van der Waals surface area contributed by atoms with Crippen molar-refractivity contribution in [2.75, 3.05) is 0 Å². The van der Waals surface area contributed by atoms with Gasteiger partial charge < -0.3 is 5.11 Å². The lowest BCUT2D eigenvalue weighted by molar-refractivity contribution is -0.386. The molecule has 0 radical (unpaired) electrons. The van der Waals surface area contributed by atoms with Crippen molar-refractivity contribution in [1.29, 1.82) is 0 Å². The summed E-state index contributed by atoms with van der Waals surface area (Å²) in [6, 6.07) is 3.00. The highest BCUT2D eigenvalue weighted by Crippen LogP contribution is 2.32. The van der Waals surface area contributed by atoms with Gasteiger partial charge in [0.25, 0.3) is 0 Å². The van der Waals surface area contributed by atoms with Gasteiger partial charge in [0.2, 0.25) is 0 Å². The number of phenolic OH excluding ortho intramolecular Hbond substituents is 1. The first-order valence-corrected chi connectivity index (χ1v) is 5.00. The van der Waals surface area contributed by atoms with Crippen molar-refractivity contribution >= 4 is 50.9 Å². The number of hydrogen-bond donors (Lipinski definition) is 1. The molecule has 1 aromatic rings. The molecule has 0 atom stereocenters. The van der Waals surface area contributed by atoms with Crippen molar-refractivity contribution in [1.82, 2.24) is 0 Å². The second-order valence-electron chi connectivity index (χ2n) is 2.01. The van der Waals surface area contributed by atoms with Gasteiger partial charge in [0.1, 0.15) is 0 Å². The van der Waals surface area contributed by atoms with E-state index in [1.54, 1.807) is 6.07 Å². The standard InChI is InChI=1S/C6H3I2NO3/c7-3-1-4(8)6(9(11)12)5(10)2-3/h1-2,10H. The molecule has 0 aromatic heterocycles. The van der Waals surface area contributed by atoms with Gasteiger partial charge in [0.05, 0.1) is 8.49 Å². The number of nitrogens with zero attached hydrogens (tertiary/aromatic N) is 1. The predicted molar refractivity (Wildman–Crippen MR) is 60.2 cm³/mol. The molecule has 0 aliphatic carbocycles. The Morgan fingerprint density at radius 3 is 2.42 bits per heavy atom. The monoisotopic (exact) mass is 391 g/mol. The molecule has 0 amide bonds. The molecule has 0 saturated carbocycles. The Bertz CT molecular complexity index is 317. The van der Waals surface area contributed by atoms with Crippen molar-refractivity contribution < 1.29 is 10.0 Å². The molecule has 0 aliphatic heterocycles. The summed E-state index contributed by atoms with van der Waals surface area (Å²) in [6.07, 6.45) is 0. The van der Waals surface area contributed by atoms with Crippen molar-refractivity contribution in [2.24, 2.45) is 0 Å². The van der Waals surface area contributed by atoms with Crippen LogP contribution in [-0.4, -0.2) is 10.0 Å². The van der Waals surface area contributed by atoms with Gasteiger partial charge in [-0.2, -0.15) is 0 Å². The summed E-state index contributed by atoms with van der Waals surface area (Å²) in [4.78, 5) is 9.80. The van der Waals surface area contributed by atoms with Crippen molar-refractivity contribution in [3.05, 3.63) is 29.4 Å². The second kappa shape index (κ2) is 3.73. The lowest BCUT2D eigenvalue weighted by atomic mass is 10.3. The molecule has 0 spiro atoms. The first-order chi connectivity index (χ1) is 5.52. The maximum absolute atomic E-state index is 10.4. The van der Waals surface area contributed by atoms with Gasteiger partial charge in [0.15, 0.2) is 5.75 Å². The van der Waals surface area contributed by atoms with Gasteiger partial charge >= 0.3 is 5.69 Å². The lowest BCUT2D eigenvalue weighted by Crippen LogP contribution is -1.92. The van der Waals surface area contributed by atoms with Gasteiger partial charge in [-0.05, 0) is 51.2 Å². The molecule has 0 aliphatic rings. The van der Waals surface area contributed by atoms with Crippen LogP contribution in [-0.2, 0) is 0 Å². The van der Waals surface area contributed by atoms with Gasteiger partial charge in [-0.3, -0.25) is 10.1 Å². The van der Waals surface area contributed by atoms with E-state index in [2.05, 4.69) is 0 Å². The fourth-order valence-corrected chi connectivity index (χ4v) is 2.74. The largest absolute Gasteiger partial charge is 0.502 e. The van der Waals surface area contributed by atoms with Crippen LogP contribution in [0.1, 0.15) is 0 Å². The number of nitro groups is 1. The Hall–Kier alpha value is -0.120. The molecule has 0 unspecified atom stereocenters. The number of hydrogen-bond acceptors (Lipinski definition) is 3. The molecule has 0 saturated heterocycles. The third kappa shape index (κ3) is 1.97. The minimum atomic E-state index is -0.590. The molecule has 12 heavy (non-hydrogen) atoms. The van der Waals surface area contributed by atoms with E-state index in [4.69, 9.17) is 0 Å². The van der Waals surface area contributed by atoms with Crippen LogP contribution < -0.4 is 0 Å². The molecular formula is C6H3I2NO3. The minimum Gasteiger partial charge on any atom is -0.502 e. The number of aromatic hydroxyl groups is 1. The van der Waals surface area contributed by atoms with Crippen LogP contribution in [0.4, 0.5) is 5.69 Å². The number of halogens is 2. The van der Waals surface area contributed by atoms with E-state index >= 15 is 0 Å². The van der Waals surface area contributed by atoms with E-state index in [1.165, 1.54) is 6.07 Å².